The van der Waals surface area contributed by atoms with Crippen LogP contribution in [0.4, 0.5) is 4.39 Å². The van der Waals surface area contributed by atoms with Gasteiger partial charge in [-0.2, -0.15) is 0 Å². The molecule has 1 aromatic carbocycles. The molecule has 0 saturated heterocycles. The van der Waals surface area contributed by atoms with Gasteiger partial charge in [0.2, 0.25) is 5.91 Å². The van der Waals surface area contributed by atoms with Crippen molar-refractivity contribution in [3.05, 3.63) is 35.9 Å². The Morgan fingerprint density at radius 3 is 2.48 bits per heavy atom. The fourth-order valence-corrected chi connectivity index (χ4v) is 2.58. The van der Waals surface area contributed by atoms with Crippen molar-refractivity contribution >= 4 is 11.8 Å². The number of aliphatic hydroxyl groups is 1. The molecule has 0 aliphatic carbocycles. The Balaban J connectivity index is 2.54. The minimum absolute atomic E-state index is 0.0135. The largest absolute Gasteiger partial charge is 0.396 e. The van der Waals surface area contributed by atoms with E-state index in [9.17, 15) is 14.0 Å². The zero-order chi connectivity index (χ0) is 18.7. The number of halogens is 1. The summed E-state index contributed by atoms with van der Waals surface area (Å²) in [6.07, 6.45) is 1.17. The summed E-state index contributed by atoms with van der Waals surface area (Å²) in [5.74, 6) is -1.23. The maximum Gasteiger partial charge on any atom is 0.257 e. The molecular formula is C19H29FN2O3. The van der Waals surface area contributed by atoms with Crippen LogP contribution in [-0.4, -0.2) is 35.7 Å². The molecular weight excluding hydrogens is 323 g/mol. The quantitative estimate of drug-likeness (QED) is 0.572. The van der Waals surface area contributed by atoms with Crippen LogP contribution in [0.15, 0.2) is 30.3 Å². The lowest BCUT2D eigenvalue weighted by Gasteiger charge is -2.23. The molecule has 25 heavy (non-hydrogen) atoms. The number of alkyl halides is 1. The second kappa shape index (κ2) is 10.8. The van der Waals surface area contributed by atoms with Gasteiger partial charge in [-0.1, -0.05) is 30.3 Å². The van der Waals surface area contributed by atoms with Crippen molar-refractivity contribution in [2.45, 2.75) is 51.7 Å². The molecule has 2 amide bonds. The zero-order valence-corrected chi connectivity index (χ0v) is 15.1. The Morgan fingerprint density at radius 1 is 1.20 bits per heavy atom. The van der Waals surface area contributed by atoms with Crippen LogP contribution in [0.5, 0.6) is 0 Å². The van der Waals surface area contributed by atoms with Crippen LogP contribution in [0.25, 0.3) is 0 Å². The number of hydrogen-bond donors (Lipinski definition) is 3. The molecule has 1 aromatic rings. The minimum atomic E-state index is -2.04. The highest BCUT2D eigenvalue weighted by atomic mass is 19.1. The average Bonchev–Trinajstić information content (AvgIpc) is 2.60. The lowest BCUT2D eigenvalue weighted by Crippen LogP contribution is -2.41. The maximum absolute atomic E-state index is 14.7. The number of rotatable bonds is 11. The third-order valence-corrected chi connectivity index (χ3v) is 4.16. The number of aliphatic hydroxyl groups excluding tert-OH is 1. The van der Waals surface area contributed by atoms with Crippen molar-refractivity contribution in [2.75, 3.05) is 13.2 Å². The van der Waals surface area contributed by atoms with Crippen LogP contribution in [-0.2, 0) is 16.1 Å². The van der Waals surface area contributed by atoms with Gasteiger partial charge in [-0.3, -0.25) is 9.59 Å². The van der Waals surface area contributed by atoms with Gasteiger partial charge in [-0.25, -0.2) is 4.39 Å². The van der Waals surface area contributed by atoms with Crippen LogP contribution in [0, 0.1) is 5.92 Å². The van der Waals surface area contributed by atoms with Gasteiger partial charge < -0.3 is 15.7 Å². The van der Waals surface area contributed by atoms with Crippen LogP contribution < -0.4 is 10.6 Å². The maximum atomic E-state index is 14.7. The molecule has 1 rings (SSSR count). The highest BCUT2D eigenvalue weighted by Gasteiger charge is 2.34. The Hall–Kier alpha value is -1.95. The summed E-state index contributed by atoms with van der Waals surface area (Å²) < 4.78 is 14.7. The molecule has 0 bridgehead atoms. The second-order valence-corrected chi connectivity index (χ2v) is 6.36. The number of benzene rings is 1. The fourth-order valence-electron chi connectivity index (χ4n) is 2.58. The van der Waals surface area contributed by atoms with E-state index in [1.54, 1.807) is 0 Å². The molecule has 0 heterocycles. The van der Waals surface area contributed by atoms with Crippen molar-refractivity contribution in [1.29, 1.82) is 0 Å². The highest BCUT2D eigenvalue weighted by molar-refractivity contribution is 5.84. The average molecular weight is 352 g/mol. The van der Waals surface area contributed by atoms with Crippen LogP contribution in [0.1, 0.15) is 45.1 Å². The van der Waals surface area contributed by atoms with E-state index in [4.69, 9.17) is 5.11 Å². The van der Waals surface area contributed by atoms with Crippen LogP contribution in [0.2, 0.25) is 0 Å². The van der Waals surface area contributed by atoms with Gasteiger partial charge in [0.15, 0.2) is 5.67 Å². The van der Waals surface area contributed by atoms with Crippen molar-refractivity contribution < 1.29 is 19.1 Å². The summed E-state index contributed by atoms with van der Waals surface area (Å²) in [5.41, 5.74) is -1.14. The van der Waals surface area contributed by atoms with Crippen molar-refractivity contribution in [3.8, 4) is 0 Å². The standard InChI is InChI=1S/C19H29FN2O3/c1-3-21-17(24)16(10-7-13-23)11-12-19(2,20)18(25)22-14-15-8-5-4-6-9-15/h4-6,8-9,16,23H,3,7,10-14H2,1-2H3,(H,21,24)(H,22,25)/t16-,19-/m0/s1. The summed E-state index contributed by atoms with van der Waals surface area (Å²) in [5, 5.41) is 14.3. The smallest absolute Gasteiger partial charge is 0.257 e. The van der Waals surface area contributed by atoms with E-state index >= 15 is 0 Å². The Morgan fingerprint density at radius 2 is 1.88 bits per heavy atom. The molecule has 0 radical (unpaired) electrons. The normalized spacial score (nSPS) is 14.4. The molecule has 0 aliphatic rings. The van der Waals surface area contributed by atoms with Crippen molar-refractivity contribution in [1.82, 2.24) is 10.6 Å². The lowest BCUT2D eigenvalue weighted by atomic mass is 9.90. The van der Waals surface area contributed by atoms with Crippen LogP contribution >= 0.6 is 0 Å². The highest BCUT2D eigenvalue weighted by Crippen LogP contribution is 2.24. The monoisotopic (exact) mass is 352 g/mol. The van der Waals surface area contributed by atoms with Gasteiger partial charge in [0.25, 0.3) is 5.91 Å². The topological polar surface area (TPSA) is 78.4 Å². The molecule has 0 fully saturated rings. The van der Waals surface area contributed by atoms with Crippen molar-refractivity contribution in [2.24, 2.45) is 5.92 Å². The second-order valence-electron chi connectivity index (χ2n) is 6.36. The number of hydrogen-bond acceptors (Lipinski definition) is 3. The Kier molecular flexibility index (Phi) is 9.13. The van der Waals surface area contributed by atoms with E-state index in [-0.39, 0.29) is 31.9 Å². The first-order chi connectivity index (χ1) is 11.9. The number of carbonyl (C=O) groups excluding carboxylic acids is 2. The minimum Gasteiger partial charge on any atom is -0.396 e. The van der Waals surface area contributed by atoms with E-state index < -0.39 is 17.5 Å². The number of nitrogens with one attached hydrogen (secondary N) is 2. The predicted molar refractivity (Wildman–Crippen MR) is 95.5 cm³/mol. The third-order valence-electron chi connectivity index (χ3n) is 4.16. The number of carbonyl (C=O) groups is 2. The molecule has 3 N–H and O–H groups in total. The SMILES string of the molecule is CCNC(=O)[C@@H](CCCO)CC[C@](C)(F)C(=O)NCc1ccccc1. The zero-order valence-electron chi connectivity index (χ0n) is 15.1. The van der Waals surface area contributed by atoms with Gasteiger partial charge in [-0.15, -0.1) is 0 Å². The summed E-state index contributed by atoms with van der Waals surface area (Å²) in [7, 11) is 0. The molecule has 0 unspecified atom stereocenters. The molecule has 0 spiro atoms. The van der Waals surface area contributed by atoms with Crippen molar-refractivity contribution in [3.63, 3.8) is 0 Å². The van der Waals surface area contributed by atoms with Gasteiger partial charge in [0, 0.05) is 25.6 Å². The molecule has 0 aliphatic heterocycles. The Bertz CT molecular complexity index is 535. The van der Waals surface area contributed by atoms with Gasteiger partial charge in [0.1, 0.15) is 0 Å². The van der Waals surface area contributed by atoms with E-state index in [0.717, 1.165) is 5.56 Å². The molecule has 0 saturated carbocycles. The van der Waals surface area contributed by atoms with E-state index in [2.05, 4.69) is 10.6 Å². The fraction of sp³-hybridized carbons (Fsp3) is 0.579. The first-order valence-electron chi connectivity index (χ1n) is 8.80. The van der Waals surface area contributed by atoms with E-state index in [1.807, 2.05) is 37.3 Å². The van der Waals surface area contributed by atoms with E-state index in [1.165, 1.54) is 6.92 Å². The summed E-state index contributed by atoms with van der Waals surface area (Å²) in [6, 6.07) is 9.30. The Labute approximate surface area is 149 Å². The van der Waals surface area contributed by atoms with E-state index in [0.29, 0.717) is 19.4 Å². The molecule has 140 valence electrons. The number of amides is 2. The first-order valence-corrected chi connectivity index (χ1v) is 8.80. The summed E-state index contributed by atoms with van der Waals surface area (Å²) >= 11 is 0. The van der Waals surface area contributed by atoms with Gasteiger partial charge in [-0.05, 0) is 45.1 Å². The lowest BCUT2D eigenvalue weighted by molar-refractivity contribution is -0.133. The predicted octanol–water partition coefficient (Wildman–Crippen LogP) is 2.34. The molecule has 2 atom stereocenters. The van der Waals surface area contributed by atoms with Gasteiger partial charge in [0.05, 0.1) is 0 Å². The molecule has 5 nitrogen and oxygen atoms in total. The summed E-state index contributed by atoms with van der Waals surface area (Å²) in [4.78, 5) is 24.2. The molecule has 6 heteroatoms. The summed E-state index contributed by atoms with van der Waals surface area (Å²) in [6.45, 7) is 3.81. The first kappa shape index (κ1) is 21.1. The van der Waals surface area contributed by atoms with Gasteiger partial charge >= 0.3 is 0 Å². The third kappa shape index (κ3) is 7.65. The molecule has 0 aromatic heterocycles. The van der Waals surface area contributed by atoms with Crippen LogP contribution in [0.3, 0.4) is 0 Å².